The fourth-order valence-corrected chi connectivity index (χ4v) is 2.24. The molecule has 2 N–H and O–H groups in total. The van der Waals surface area contributed by atoms with E-state index in [1.54, 1.807) is 0 Å². The van der Waals surface area contributed by atoms with Crippen molar-refractivity contribution < 1.29 is 9.53 Å². The van der Waals surface area contributed by atoms with E-state index < -0.39 is 0 Å². The van der Waals surface area contributed by atoms with E-state index in [2.05, 4.69) is 0 Å². The van der Waals surface area contributed by atoms with Crippen molar-refractivity contribution in [2.24, 2.45) is 5.73 Å². The summed E-state index contributed by atoms with van der Waals surface area (Å²) in [5.41, 5.74) is 10.0. The highest BCUT2D eigenvalue weighted by Gasteiger charge is 2.23. The first-order valence-electron chi connectivity index (χ1n) is 5.11. The van der Waals surface area contributed by atoms with Crippen LogP contribution in [0, 0.1) is 6.92 Å². The molecular weight excluding hydrogens is 226 g/mol. The van der Waals surface area contributed by atoms with Gasteiger partial charge in [-0.2, -0.15) is 0 Å². The average Bonchev–Trinajstić information content (AvgIpc) is 2.61. The molecule has 88 valence electrons. The van der Waals surface area contributed by atoms with Crippen LogP contribution in [0.15, 0.2) is 12.1 Å². The summed E-state index contributed by atoms with van der Waals surface area (Å²) in [5, 5.41) is 0. The highest BCUT2D eigenvalue weighted by Crippen LogP contribution is 2.33. The van der Waals surface area contributed by atoms with Crippen LogP contribution >= 0.6 is 12.4 Å². The molecule has 1 unspecified atom stereocenters. The molecule has 1 atom stereocenters. The van der Waals surface area contributed by atoms with E-state index in [9.17, 15) is 4.79 Å². The van der Waals surface area contributed by atoms with Crippen molar-refractivity contribution in [3.63, 3.8) is 0 Å². The minimum absolute atomic E-state index is 0. The second-order valence-electron chi connectivity index (χ2n) is 3.94. The Morgan fingerprint density at radius 1 is 1.50 bits per heavy atom. The molecule has 0 aliphatic heterocycles. The van der Waals surface area contributed by atoms with Crippen LogP contribution in [0.25, 0.3) is 0 Å². The third kappa shape index (κ3) is 1.93. The molecule has 0 heterocycles. The molecule has 0 spiro atoms. The van der Waals surface area contributed by atoms with Gasteiger partial charge in [0.2, 0.25) is 0 Å². The number of benzene rings is 1. The van der Waals surface area contributed by atoms with E-state index in [-0.39, 0.29) is 24.4 Å². The molecule has 1 aliphatic rings. The van der Waals surface area contributed by atoms with Crippen molar-refractivity contribution in [2.45, 2.75) is 25.8 Å². The number of hydrogen-bond acceptors (Lipinski definition) is 3. The third-order valence-corrected chi connectivity index (χ3v) is 3.14. The summed E-state index contributed by atoms with van der Waals surface area (Å²) in [6.45, 7) is 1.96. The maximum atomic E-state index is 11.5. The Labute approximate surface area is 101 Å². The normalized spacial score (nSPS) is 17.6. The van der Waals surface area contributed by atoms with Gasteiger partial charge in [-0.15, -0.1) is 12.4 Å². The second kappa shape index (κ2) is 4.85. The zero-order valence-corrected chi connectivity index (χ0v) is 10.3. The molecule has 16 heavy (non-hydrogen) atoms. The SMILES string of the molecule is COC(=O)c1ccc2c(c1C)CCC2N.Cl. The van der Waals surface area contributed by atoms with Gasteiger partial charge in [-0.25, -0.2) is 4.79 Å². The number of carbonyl (C=O) groups excluding carboxylic acids is 1. The predicted octanol–water partition coefficient (Wildman–Crippen LogP) is 2.15. The Morgan fingerprint density at radius 3 is 2.81 bits per heavy atom. The number of methoxy groups -OCH3 is 1. The van der Waals surface area contributed by atoms with Crippen molar-refractivity contribution >= 4 is 18.4 Å². The Bertz CT molecular complexity index is 418. The number of rotatable bonds is 1. The Kier molecular flexibility index (Phi) is 3.94. The average molecular weight is 242 g/mol. The molecule has 1 aliphatic carbocycles. The fourth-order valence-electron chi connectivity index (χ4n) is 2.24. The molecule has 2 rings (SSSR count). The van der Waals surface area contributed by atoms with Crippen molar-refractivity contribution in [1.29, 1.82) is 0 Å². The number of esters is 1. The van der Waals surface area contributed by atoms with Crippen molar-refractivity contribution in [1.82, 2.24) is 0 Å². The molecule has 0 aromatic heterocycles. The van der Waals surface area contributed by atoms with E-state index in [0.717, 1.165) is 18.4 Å². The van der Waals surface area contributed by atoms with Crippen LogP contribution < -0.4 is 5.73 Å². The highest BCUT2D eigenvalue weighted by atomic mass is 35.5. The first kappa shape index (κ1) is 13.0. The summed E-state index contributed by atoms with van der Waals surface area (Å²) >= 11 is 0. The molecule has 4 heteroatoms. The first-order chi connectivity index (χ1) is 7.15. The van der Waals surface area contributed by atoms with Gasteiger partial charge in [0.1, 0.15) is 0 Å². The van der Waals surface area contributed by atoms with Gasteiger partial charge in [-0.3, -0.25) is 0 Å². The monoisotopic (exact) mass is 241 g/mol. The first-order valence-corrected chi connectivity index (χ1v) is 5.11. The Morgan fingerprint density at radius 2 is 2.19 bits per heavy atom. The lowest BCUT2D eigenvalue weighted by atomic mass is 9.98. The zero-order chi connectivity index (χ0) is 11.0. The van der Waals surface area contributed by atoms with Gasteiger partial charge in [0.05, 0.1) is 12.7 Å². The molecule has 1 aromatic rings. The quantitative estimate of drug-likeness (QED) is 0.767. The van der Waals surface area contributed by atoms with Crippen LogP contribution in [-0.4, -0.2) is 13.1 Å². The summed E-state index contributed by atoms with van der Waals surface area (Å²) < 4.78 is 4.73. The summed E-state index contributed by atoms with van der Waals surface area (Å²) in [4.78, 5) is 11.5. The lowest BCUT2D eigenvalue weighted by Gasteiger charge is -2.10. The Hall–Kier alpha value is -1.06. The number of nitrogens with two attached hydrogens (primary N) is 1. The van der Waals surface area contributed by atoms with Crippen molar-refractivity contribution in [3.8, 4) is 0 Å². The van der Waals surface area contributed by atoms with Crippen LogP contribution in [-0.2, 0) is 11.2 Å². The van der Waals surface area contributed by atoms with Gasteiger partial charge in [-0.1, -0.05) is 6.07 Å². The van der Waals surface area contributed by atoms with E-state index in [4.69, 9.17) is 10.5 Å². The Balaban J connectivity index is 0.00000128. The largest absolute Gasteiger partial charge is 0.465 e. The van der Waals surface area contributed by atoms with E-state index in [0.29, 0.717) is 5.56 Å². The molecule has 1 aromatic carbocycles. The standard InChI is InChI=1S/C12H15NO2.ClH/c1-7-8-5-6-11(13)10(8)4-3-9(7)12(14)15-2;/h3-4,11H,5-6,13H2,1-2H3;1H. The van der Waals surface area contributed by atoms with Gasteiger partial charge in [0.15, 0.2) is 0 Å². The predicted molar refractivity (Wildman–Crippen MR) is 65.0 cm³/mol. The molecule has 0 bridgehead atoms. The lowest BCUT2D eigenvalue weighted by molar-refractivity contribution is 0.0600. The molecule has 0 radical (unpaired) electrons. The summed E-state index contributed by atoms with van der Waals surface area (Å²) in [5.74, 6) is -0.268. The number of hydrogen-bond donors (Lipinski definition) is 1. The molecule has 0 amide bonds. The van der Waals surface area contributed by atoms with Gasteiger partial charge in [0, 0.05) is 6.04 Å². The van der Waals surface area contributed by atoms with Crippen molar-refractivity contribution in [2.75, 3.05) is 7.11 Å². The van der Waals surface area contributed by atoms with E-state index >= 15 is 0 Å². The van der Waals surface area contributed by atoms with Crippen LogP contribution in [0.1, 0.15) is 39.5 Å². The van der Waals surface area contributed by atoms with Crippen LogP contribution in [0.3, 0.4) is 0 Å². The number of ether oxygens (including phenoxy) is 1. The minimum Gasteiger partial charge on any atom is -0.465 e. The van der Waals surface area contributed by atoms with Crippen LogP contribution in [0.2, 0.25) is 0 Å². The molecule has 0 saturated heterocycles. The van der Waals surface area contributed by atoms with Crippen LogP contribution in [0.4, 0.5) is 0 Å². The molecule has 3 nitrogen and oxygen atoms in total. The molecule has 0 saturated carbocycles. The molecular formula is C12H16ClNO2. The lowest BCUT2D eigenvalue weighted by Crippen LogP contribution is -2.08. The van der Waals surface area contributed by atoms with Gasteiger partial charge < -0.3 is 10.5 Å². The number of carbonyl (C=O) groups is 1. The third-order valence-electron chi connectivity index (χ3n) is 3.14. The van der Waals surface area contributed by atoms with Gasteiger partial charge in [0.25, 0.3) is 0 Å². The maximum absolute atomic E-state index is 11.5. The topological polar surface area (TPSA) is 52.3 Å². The fraction of sp³-hybridized carbons (Fsp3) is 0.417. The maximum Gasteiger partial charge on any atom is 0.338 e. The highest BCUT2D eigenvalue weighted by molar-refractivity contribution is 5.91. The van der Waals surface area contributed by atoms with E-state index in [1.165, 1.54) is 18.2 Å². The number of fused-ring (bicyclic) bond motifs is 1. The molecule has 0 fully saturated rings. The van der Waals surface area contributed by atoms with Crippen LogP contribution in [0.5, 0.6) is 0 Å². The van der Waals surface area contributed by atoms with Gasteiger partial charge in [-0.05, 0) is 42.5 Å². The summed E-state index contributed by atoms with van der Waals surface area (Å²) in [6.07, 6.45) is 1.94. The second-order valence-corrected chi connectivity index (χ2v) is 3.94. The zero-order valence-electron chi connectivity index (χ0n) is 9.45. The number of halogens is 1. The van der Waals surface area contributed by atoms with Crippen molar-refractivity contribution in [3.05, 3.63) is 34.4 Å². The summed E-state index contributed by atoms with van der Waals surface area (Å²) in [7, 11) is 1.40. The minimum atomic E-state index is -0.268. The summed E-state index contributed by atoms with van der Waals surface area (Å²) in [6, 6.07) is 3.89. The van der Waals surface area contributed by atoms with Gasteiger partial charge >= 0.3 is 5.97 Å². The van der Waals surface area contributed by atoms with E-state index in [1.807, 2.05) is 19.1 Å². The smallest absolute Gasteiger partial charge is 0.338 e.